The van der Waals surface area contributed by atoms with Gasteiger partial charge in [-0.15, -0.1) is 0 Å². The second-order valence-electron chi connectivity index (χ2n) is 5.74. The number of hydrogen-bond acceptors (Lipinski definition) is 2. The van der Waals surface area contributed by atoms with E-state index >= 15 is 0 Å². The molecule has 1 saturated heterocycles. The molecule has 1 nitrogen and oxygen atoms in total. The second-order valence-corrected chi connectivity index (χ2v) is 6.89. The van der Waals surface area contributed by atoms with Crippen LogP contribution in [-0.2, 0) is 6.54 Å². The molecule has 0 spiro atoms. The number of rotatable bonds is 3. The van der Waals surface area contributed by atoms with Gasteiger partial charge in [0, 0.05) is 18.3 Å². The van der Waals surface area contributed by atoms with E-state index < -0.39 is 0 Å². The quantitative estimate of drug-likeness (QED) is 0.878. The lowest BCUT2D eigenvalue weighted by atomic mass is 9.82. The summed E-state index contributed by atoms with van der Waals surface area (Å²) in [6, 6.07) is 9.43. The van der Waals surface area contributed by atoms with Crippen molar-refractivity contribution in [2.75, 3.05) is 11.5 Å². The van der Waals surface area contributed by atoms with Gasteiger partial charge in [0.1, 0.15) is 0 Å². The SMILES string of the molecule is Cc1cccc(CNC2CSCCC2(C)C)c1. The zero-order valence-corrected chi connectivity index (χ0v) is 11.9. The highest BCUT2D eigenvalue weighted by Crippen LogP contribution is 2.34. The maximum atomic E-state index is 3.73. The predicted octanol–water partition coefficient (Wildman–Crippen LogP) is 3.62. The Kier molecular flexibility index (Phi) is 4.16. The Morgan fingerprint density at radius 1 is 1.41 bits per heavy atom. The molecule has 0 aliphatic carbocycles. The van der Waals surface area contributed by atoms with E-state index in [0.29, 0.717) is 11.5 Å². The molecular weight excluding hydrogens is 226 g/mol. The minimum Gasteiger partial charge on any atom is -0.309 e. The van der Waals surface area contributed by atoms with Gasteiger partial charge in [0.2, 0.25) is 0 Å². The molecular formula is C15H23NS. The molecule has 1 heterocycles. The van der Waals surface area contributed by atoms with Gasteiger partial charge in [-0.05, 0) is 30.1 Å². The molecule has 1 unspecified atom stereocenters. The van der Waals surface area contributed by atoms with Crippen LogP contribution in [0.15, 0.2) is 24.3 Å². The third-order valence-electron chi connectivity index (χ3n) is 3.75. The van der Waals surface area contributed by atoms with E-state index in [1.54, 1.807) is 0 Å². The summed E-state index contributed by atoms with van der Waals surface area (Å²) in [7, 11) is 0. The van der Waals surface area contributed by atoms with Crippen molar-refractivity contribution in [2.24, 2.45) is 5.41 Å². The number of thioether (sulfide) groups is 1. The molecule has 1 fully saturated rings. The van der Waals surface area contributed by atoms with Crippen LogP contribution < -0.4 is 5.32 Å². The number of benzene rings is 1. The molecule has 0 radical (unpaired) electrons. The van der Waals surface area contributed by atoms with Gasteiger partial charge in [-0.2, -0.15) is 11.8 Å². The normalized spacial score (nSPS) is 23.6. The summed E-state index contributed by atoms with van der Waals surface area (Å²) in [6.45, 7) is 7.93. The van der Waals surface area contributed by atoms with Gasteiger partial charge in [0.15, 0.2) is 0 Å². The monoisotopic (exact) mass is 249 g/mol. The van der Waals surface area contributed by atoms with Crippen molar-refractivity contribution in [3.05, 3.63) is 35.4 Å². The lowest BCUT2D eigenvalue weighted by Gasteiger charge is -2.39. The van der Waals surface area contributed by atoms with Crippen LogP contribution >= 0.6 is 11.8 Å². The van der Waals surface area contributed by atoms with Crippen molar-refractivity contribution in [1.82, 2.24) is 5.32 Å². The molecule has 0 aromatic heterocycles. The highest BCUT2D eigenvalue weighted by molar-refractivity contribution is 7.99. The van der Waals surface area contributed by atoms with Crippen LogP contribution in [0.2, 0.25) is 0 Å². The molecule has 0 bridgehead atoms. The molecule has 1 aliphatic rings. The van der Waals surface area contributed by atoms with Gasteiger partial charge in [-0.25, -0.2) is 0 Å². The fourth-order valence-electron chi connectivity index (χ4n) is 2.33. The van der Waals surface area contributed by atoms with E-state index in [1.165, 1.54) is 29.1 Å². The van der Waals surface area contributed by atoms with Crippen LogP contribution in [0.4, 0.5) is 0 Å². The molecule has 1 aliphatic heterocycles. The van der Waals surface area contributed by atoms with E-state index in [2.05, 4.69) is 62.1 Å². The van der Waals surface area contributed by atoms with Crippen molar-refractivity contribution in [1.29, 1.82) is 0 Å². The molecule has 0 saturated carbocycles. The molecule has 2 rings (SSSR count). The van der Waals surface area contributed by atoms with Gasteiger partial charge in [-0.3, -0.25) is 0 Å². The summed E-state index contributed by atoms with van der Waals surface area (Å²) >= 11 is 2.08. The Hall–Kier alpha value is -0.470. The van der Waals surface area contributed by atoms with Gasteiger partial charge in [0.05, 0.1) is 0 Å². The maximum absolute atomic E-state index is 3.73. The van der Waals surface area contributed by atoms with Crippen molar-refractivity contribution >= 4 is 11.8 Å². The predicted molar refractivity (Wildman–Crippen MR) is 77.5 cm³/mol. The van der Waals surface area contributed by atoms with Crippen molar-refractivity contribution < 1.29 is 0 Å². The van der Waals surface area contributed by atoms with Crippen LogP contribution in [0.25, 0.3) is 0 Å². The average Bonchev–Trinajstić information content (AvgIpc) is 2.27. The molecule has 0 amide bonds. The minimum absolute atomic E-state index is 0.440. The first kappa shape index (κ1) is 13.0. The van der Waals surface area contributed by atoms with Gasteiger partial charge in [0.25, 0.3) is 0 Å². The highest BCUT2D eigenvalue weighted by atomic mass is 32.2. The summed E-state index contributed by atoms with van der Waals surface area (Å²) in [5.74, 6) is 2.56. The summed E-state index contributed by atoms with van der Waals surface area (Å²) < 4.78 is 0. The van der Waals surface area contributed by atoms with Crippen LogP contribution in [0.1, 0.15) is 31.4 Å². The van der Waals surface area contributed by atoms with Crippen molar-refractivity contribution in [2.45, 2.75) is 39.8 Å². The second kappa shape index (κ2) is 5.45. The molecule has 17 heavy (non-hydrogen) atoms. The number of aryl methyl sites for hydroxylation is 1. The van der Waals surface area contributed by atoms with E-state index in [4.69, 9.17) is 0 Å². The largest absolute Gasteiger partial charge is 0.309 e. The molecule has 2 heteroatoms. The van der Waals surface area contributed by atoms with Crippen LogP contribution in [-0.4, -0.2) is 17.5 Å². The number of nitrogens with one attached hydrogen (secondary N) is 1. The fraction of sp³-hybridized carbons (Fsp3) is 0.600. The van der Waals surface area contributed by atoms with Gasteiger partial charge >= 0.3 is 0 Å². The molecule has 1 N–H and O–H groups in total. The van der Waals surface area contributed by atoms with Gasteiger partial charge in [-0.1, -0.05) is 43.7 Å². The fourth-order valence-corrected chi connectivity index (χ4v) is 3.98. The first-order chi connectivity index (χ1) is 8.08. The molecule has 1 atom stereocenters. The first-order valence-corrected chi connectivity index (χ1v) is 7.60. The van der Waals surface area contributed by atoms with Crippen LogP contribution in [0.5, 0.6) is 0 Å². The Bertz CT molecular complexity index is 373. The average molecular weight is 249 g/mol. The van der Waals surface area contributed by atoms with Crippen LogP contribution in [0, 0.1) is 12.3 Å². The summed E-state index contributed by atoms with van der Waals surface area (Å²) in [6.07, 6.45) is 1.32. The maximum Gasteiger partial charge on any atom is 0.0212 e. The Labute approximate surface area is 109 Å². The lowest BCUT2D eigenvalue weighted by Crippen LogP contribution is -2.46. The van der Waals surface area contributed by atoms with Gasteiger partial charge < -0.3 is 5.32 Å². The summed E-state index contributed by atoms with van der Waals surface area (Å²) in [5, 5.41) is 3.73. The third kappa shape index (κ3) is 3.49. The van der Waals surface area contributed by atoms with E-state index in [1.807, 2.05) is 0 Å². The molecule has 1 aromatic rings. The Balaban J connectivity index is 1.93. The third-order valence-corrected chi connectivity index (χ3v) is 4.82. The standard InChI is InChI=1S/C15H23NS/c1-12-5-4-6-13(9-12)10-16-14-11-17-8-7-15(14,2)3/h4-6,9,14,16H,7-8,10-11H2,1-3H3. The summed E-state index contributed by atoms with van der Waals surface area (Å²) in [5.41, 5.74) is 3.19. The molecule has 1 aromatic carbocycles. The topological polar surface area (TPSA) is 12.0 Å². The van der Waals surface area contributed by atoms with Crippen LogP contribution in [0.3, 0.4) is 0 Å². The highest BCUT2D eigenvalue weighted by Gasteiger charge is 2.31. The zero-order chi connectivity index (χ0) is 12.3. The van der Waals surface area contributed by atoms with E-state index in [-0.39, 0.29) is 0 Å². The van der Waals surface area contributed by atoms with E-state index in [0.717, 1.165) is 6.54 Å². The molecule has 94 valence electrons. The first-order valence-electron chi connectivity index (χ1n) is 6.44. The van der Waals surface area contributed by atoms with Crippen molar-refractivity contribution in [3.63, 3.8) is 0 Å². The smallest absolute Gasteiger partial charge is 0.0212 e. The Morgan fingerprint density at radius 2 is 2.24 bits per heavy atom. The minimum atomic E-state index is 0.440. The van der Waals surface area contributed by atoms with E-state index in [9.17, 15) is 0 Å². The number of hydrogen-bond donors (Lipinski definition) is 1. The zero-order valence-electron chi connectivity index (χ0n) is 11.1. The Morgan fingerprint density at radius 3 is 2.94 bits per heavy atom. The lowest BCUT2D eigenvalue weighted by molar-refractivity contribution is 0.245. The summed E-state index contributed by atoms with van der Waals surface area (Å²) in [4.78, 5) is 0. The van der Waals surface area contributed by atoms with Crippen molar-refractivity contribution in [3.8, 4) is 0 Å².